The van der Waals surface area contributed by atoms with E-state index in [-0.39, 0.29) is 0 Å². The molecule has 0 aliphatic heterocycles. The smallest absolute Gasteiger partial charge is 0.433 e. The van der Waals surface area contributed by atoms with Crippen LogP contribution in [0.2, 0.25) is 0 Å². The van der Waals surface area contributed by atoms with E-state index in [1.807, 2.05) is 83.7 Å². The largest absolute Gasteiger partial charge is 0.448 e. The molecule has 0 saturated carbocycles. The van der Waals surface area contributed by atoms with Crippen LogP contribution < -0.4 is 5.01 Å². The number of aromatic nitrogens is 2. The van der Waals surface area contributed by atoms with Crippen molar-refractivity contribution in [3.8, 4) is 11.3 Å². The number of nitrogens with zero attached hydrogens (tertiary/aromatic N) is 3. The third-order valence-electron chi connectivity index (χ3n) is 4.74. The van der Waals surface area contributed by atoms with Crippen LogP contribution in [0.1, 0.15) is 19.8 Å². The van der Waals surface area contributed by atoms with Crippen LogP contribution >= 0.6 is 0 Å². The van der Waals surface area contributed by atoms with Gasteiger partial charge in [0, 0.05) is 23.3 Å². The molecule has 0 spiro atoms. The number of ether oxygens (including phenoxy) is 1. The van der Waals surface area contributed by atoms with Gasteiger partial charge < -0.3 is 4.74 Å². The molecule has 4 rings (SSSR count). The van der Waals surface area contributed by atoms with Crippen molar-refractivity contribution in [2.45, 2.75) is 19.8 Å². The van der Waals surface area contributed by atoms with E-state index >= 15 is 0 Å². The maximum atomic E-state index is 13.2. The second kappa shape index (κ2) is 8.61. The molecular weight excluding hydrogens is 362 g/mol. The Morgan fingerprint density at radius 2 is 1.76 bits per heavy atom. The number of hydrogen-bond acceptors (Lipinski definition) is 3. The van der Waals surface area contributed by atoms with Gasteiger partial charge in [-0.1, -0.05) is 61.9 Å². The van der Waals surface area contributed by atoms with Crippen LogP contribution in [-0.4, -0.2) is 22.4 Å². The highest BCUT2D eigenvalue weighted by molar-refractivity contribution is 5.94. The number of amides is 1. The lowest BCUT2D eigenvalue weighted by molar-refractivity contribution is 0.150. The number of anilines is 1. The number of carbonyl (C=O) groups is 1. The minimum Gasteiger partial charge on any atom is -0.448 e. The average Bonchev–Trinajstić information content (AvgIpc) is 3.15. The van der Waals surface area contributed by atoms with Gasteiger partial charge in [-0.15, -0.1) is 0 Å². The van der Waals surface area contributed by atoms with E-state index < -0.39 is 6.09 Å². The summed E-state index contributed by atoms with van der Waals surface area (Å²) in [5.41, 5.74) is 3.52. The summed E-state index contributed by atoms with van der Waals surface area (Å²) in [4.78, 5) is 17.5. The maximum absolute atomic E-state index is 13.2. The lowest BCUT2D eigenvalue weighted by Gasteiger charge is -2.26. The van der Waals surface area contributed by atoms with E-state index in [1.165, 1.54) is 0 Å². The monoisotopic (exact) mass is 385 g/mol. The molecule has 146 valence electrons. The highest BCUT2D eigenvalue weighted by Gasteiger charge is 2.24. The van der Waals surface area contributed by atoms with Crippen molar-refractivity contribution in [2.24, 2.45) is 0 Å². The summed E-state index contributed by atoms with van der Waals surface area (Å²) in [6.07, 6.45) is 4.93. The zero-order valence-corrected chi connectivity index (χ0v) is 16.4. The third kappa shape index (κ3) is 3.85. The van der Waals surface area contributed by atoms with Gasteiger partial charge in [0.05, 0.1) is 23.5 Å². The van der Waals surface area contributed by atoms with E-state index in [0.29, 0.717) is 6.61 Å². The molecule has 29 heavy (non-hydrogen) atoms. The van der Waals surface area contributed by atoms with Gasteiger partial charge >= 0.3 is 6.09 Å². The van der Waals surface area contributed by atoms with Crippen molar-refractivity contribution in [2.75, 3.05) is 11.6 Å². The fourth-order valence-corrected chi connectivity index (χ4v) is 3.31. The van der Waals surface area contributed by atoms with E-state index in [2.05, 4.69) is 11.9 Å². The fourth-order valence-electron chi connectivity index (χ4n) is 3.31. The van der Waals surface area contributed by atoms with Gasteiger partial charge in [-0.2, -0.15) is 5.01 Å². The molecule has 0 unspecified atom stereocenters. The van der Waals surface area contributed by atoms with Gasteiger partial charge in [0.25, 0.3) is 0 Å². The van der Waals surface area contributed by atoms with Crippen molar-refractivity contribution >= 4 is 22.7 Å². The first-order chi connectivity index (χ1) is 14.3. The molecule has 4 aromatic rings. The van der Waals surface area contributed by atoms with Gasteiger partial charge in [-0.3, -0.25) is 4.98 Å². The van der Waals surface area contributed by atoms with Crippen molar-refractivity contribution in [3.05, 3.63) is 85.2 Å². The molecular formula is C24H23N3O2. The van der Waals surface area contributed by atoms with Crippen molar-refractivity contribution in [1.29, 1.82) is 0 Å². The summed E-state index contributed by atoms with van der Waals surface area (Å²) < 4.78 is 7.53. The molecule has 2 aromatic heterocycles. The molecule has 0 aliphatic rings. The number of hydrogen-bond donors (Lipinski definition) is 0. The summed E-state index contributed by atoms with van der Waals surface area (Å²) >= 11 is 0. The molecule has 0 atom stereocenters. The summed E-state index contributed by atoms with van der Waals surface area (Å²) in [5.74, 6) is 0. The van der Waals surface area contributed by atoms with Gasteiger partial charge in [0.2, 0.25) is 0 Å². The standard InChI is InChI=1S/C24H23N3O2/c1-2-3-16-29-24(28)26(21-12-8-5-9-13-21)27-22-14-15-25-18-20(22)17-23(27)19-10-6-4-7-11-19/h4-15,17-18H,2-3,16H2,1H3. The topological polar surface area (TPSA) is 47.4 Å². The molecule has 0 saturated heterocycles. The predicted octanol–water partition coefficient (Wildman–Crippen LogP) is 5.91. The van der Waals surface area contributed by atoms with Gasteiger partial charge in [0.1, 0.15) is 0 Å². The first-order valence-electron chi connectivity index (χ1n) is 9.82. The van der Waals surface area contributed by atoms with Gasteiger partial charge in [0.15, 0.2) is 0 Å². The number of para-hydroxylation sites is 1. The van der Waals surface area contributed by atoms with E-state index in [0.717, 1.165) is 40.7 Å². The minimum atomic E-state index is -0.406. The molecule has 0 radical (unpaired) electrons. The molecule has 0 aliphatic carbocycles. The summed E-state index contributed by atoms with van der Waals surface area (Å²) in [5, 5.41) is 2.55. The van der Waals surface area contributed by atoms with Crippen LogP contribution in [0.3, 0.4) is 0 Å². The minimum absolute atomic E-state index is 0.389. The summed E-state index contributed by atoms with van der Waals surface area (Å²) in [6.45, 7) is 2.46. The van der Waals surface area contributed by atoms with Crippen LogP contribution in [0.25, 0.3) is 22.2 Å². The van der Waals surface area contributed by atoms with E-state index in [1.54, 1.807) is 11.2 Å². The normalized spacial score (nSPS) is 10.8. The predicted molar refractivity (Wildman–Crippen MR) is 116 cm³/mol. The van der Waals surface area contributed by atoms with Crippen LogP contribution in [0.4, 0.5) is 10.5 Å². The zero-order chi connectivity index (χ0) is 20.1. The Morgan fingerprint density at radius 3 is 2.48 bits per heavy atom. The molecule has 0 N–H and O–H groups in total. The number of unbranched alkanes of at least 4 members (excludes halogenated alkanes) is 1. The quantitative estimate of drug-likeness (QED) is 0.388. The van der Waals surface area contributed by atoms with Crippen LogP contribution in [-0.2, 0) is 4.74 Å². The first kappa shape index (κ1) is 18.7. The number of fused-ring (bicyclic) bond motifs is 1. The number of pyridine rings is 1. The van der Waals surface area contributed by atoms with E-state index in [9.17, 15) is 4.79 Å². The number of benzene rings is 2. The van der Waals surface area contributed by atoms with Crippen molar-refractivity contribution in [3.63, 3.8) is 0 Å². The van der Waals surface area contributed by atoms with Gasteiger partial charge in [-0.05, 0) is 30.7 Å². The highest BCUT2D eigenvalue weighted by Crippen LogP contribution is 2.31. The van der Waals surface area contributed by atoms with Crippen molar-refractivity contribution < 1.29 is 9.53 Å². The van der Waals surface area contributed by atoms with Gasteiger partial charge in [-0.25, -0.2) is 9.47 Å². The Balaban J connectivity index is 1.91. The first-order valence-corrected chi connectivity index (χ1v) is 9.82. The Bertz CT molecular complexity index is 1090. The molecule has 0 bridgehead atoms. The highest BCUT2D eigenvalue weighted by atomic mass is 16.6. The van der Waals surface area contributed by atoms with Crippen LogP contribution in [0.5, 0.6) is 0 Å². The number of rotatable bonds is 6. The fraction of sp³-hybridized carbons (Fsp3) is 0.167. The lowest BCUT2D eigenvalue weighted by atomic mass is 10.1. The molecule has 5 heteroatoms. The molecule has 5 nitrogen and oxygen atoms in total. The Morgan fingerprint density at radius 1 is 1.03 bits per heavy atom. The average molecular weight is 385 g/mol. The third-order valence-corrected chi connectivity index (χ3v) is 4.74. The van der Waals surface area contributed by atoms with E-state index in [4.69, 9.17) is 4.74 Å². The molecule has 2 aromatic carbocycles. The lowest BCUT2D eigenvalue weighted by Crippen LogP contribution is -2.37. The molecule has 0 fully saturated rings. The Labute approximate surface area is 170 Å². The Kier molecular flexibility index (Phi) is 5.56. The molecule has 2 heterocycles. The summed E-state index contributed by atoms with van der Waals surface area (Å²) in [6, 6.07) is 23.5. The Hall–Kier alpha value is -3.60. The van der Waals surface area contributed by atoms with Crippen LogP contribution in [0, 0.1) is 0 Å². The molecule has 1 amide bonds. The number of carbonyl (C=O) groups excluding carboxylic acids is 1. The van der Waals surface area contributed by atoms with Crippen molar-refractivity contribution in [1.82, 2.24) is 9.66 Å². The van der Waals surface area contributed by atoms with Crippen LogP contribution in [0.15, 0.2) is 85.2 Å². The SMILES string of the molecule is CCCCOC(=O)N(c1ccccc1)n1c(-c2ccccc2)cc2cnccc21. The maximum Gasteiger partial charge on any atom is 0.433 e. The zero-order valence-electron chi connectivity index (χ0n) is 16.4. The second-order valence-corrected chi connectivity index (χ2v) is 6.76. The second-order valence-electron chi connectivity index (χ2n) is 6.76. The summed E-state index contributed by atoms with van der Waals surface area (Å²) in [7, 11) is 0.